The summed E-state index contributed by atoms with van der Waals surface area (Å²) in [6, 6.07) is 4.86. The predicted molar refractivity (Wildman–Crippen MR) is 48.1 cm³/mol. The molecule has 0 aliphatic carbocycles. The number of carbonyl (C=O) groups excluding carboxylic acids is 1. The van der Waals surface area contributed by atoms with Gasteiger partial charge in [0.2, 0.25) is 0 Å². The third-order valence-electron chi connectivity index (χ3n) is 2.26. The fraction of sp³-hybridized carbons (Fsp3) is 0.300. The number of phenols is 1. The van der Waals surface area contributed by atoms with Gasteiger partial charge in [-0.3, -0.25) is 0 Å². The lowest BCUT2D eigenvalue weighted by Crippen LogP contribution is -2.30. The largest absolute Gasteiger partial charge is 0.507 e. The molecule has 0 radical (unpaired) electrons. The summed E-state index contributed by atoms with van der Waals surface area (Å²) in [5.74, 6) is -0.632. The van der Waals surface area contributed by atoms with Gasteiger partial charge in [-0.05, 0) is 11.6 Å². The number of cyclic esters (lactones) is 1. The molecule has 1 aromatic rings. The number of ether oxygens (including phenoxy) is 1. The second-order valence-corrected chi connectivity index (χ2v) is 3.23. The summed E-state index contributed by atoms with van der Waals surface area (Å²) in [4.78, 5) is 11.4. The molecule has 1 heterocycles. The fourth-order valence-electron chi connectivity index (χ4n) is 1.59. The average molecular weight is 194 g/mol. The first-order chi connectivity index (χ1) is 6.72. The Labute approximate surface area is 80.7 Å². The Morgan fingerprint density at radius 1 is 1.50 bits per heavy atom. The number of rotatable bonds is 1. The van der Waals surface area contributed by atoms with Gasteiger partial charge in [0.05, 0.1) is 6.61 Å². The maximum Gasteiger partial charge on any atom is 0.342 e. The number of hydrogen-bond donors (Lipinski definition) is 2. The second-order valence-electron chi connectivity index (χ2n) is 3.23. The number of aliphatic hydroxyl groups excluding tert-OH is 1. The number of aromatic hydroxyl groups is 1. The van der Waals surface area contributed by atoms with Crippen molar-refractivity contribution in [3.63, 3.8) is 0 Å². The minimum atomic E-state index is -0.566. The predicted octanol–water partition coefficient (Wildman–Crippen LogP) is 0.466. The molecule has 1 aliphatic heterocycles. The third-order valence-corrected chi connectivity index (χ3v) is 2.26. The molecule has 1 aliphatic rings. The molecule has 4 nitrogen and oxygen atoms in total. The smallest absolute Gasteiger partial charge is 0.342 e. The monoisotopic (exact) mass is 194 g/mol. The first-order valence-electron chi connectivity index (χ1n) is 4.35. The van der Waals surface area contributed by atoms with Crippen LogP contribution in [0.3, 0.4) is 0 Å². The summed E-state index contributed by atoms with van der Waals surface area (Å²) in [5.41, 5.74) is 0.942. The molecular formula is C10H10O4. The number of carbonyl (C=O) groups is 1. The van der Waals surface area contributed by atoms with E-state index in [1.54, 1.807) is 12.1 Å². The van der Waals surface area contributed by atoms with Crippen LogP contribution in [0.1, 0.15) is 15.9 Å². The molecule has 0 bridgehead atoms. The zero-order chi connectivity index (χ0) is 10.1. The molecular weight excluding hydrogens is 184 g/mol. The van der Waals surface area contributed by atoms with Crippen LogP contribution < -0.4 is 0 Å². The zero-order valence-electron chi connectivity index (χ0n) is 7.43. The highest BCUT2D eigenvalue weighted by molar-refractivity contribution is 5.95. The highest BCUT2D eigenvalue weighted by atomic mass is 16.6. The van der Waals surface area contributed by atoms with Gasteiger partial charge in [-0.25, -0.2) is 4.79 Å². The SMILES string of the molecule is O=C1O[C@@H](CO)Cc2cccc(O)c21. The lowest BCUT2D eigenvalue weighted by atomic mass is 9.98. The summed E-state index contributed by atoms with van der Waals surface area (Å²) >= 11 is 0. The quantitative estimate of drug-likeness (QED) is 0.637. The van der Waals surface area contributed by atoms with Gasteiger partial charge in [-0.2, -0.15) is 0 Å². The summed E-state index contributed by atoms with van der Waals surface area (Å²) in [6.07, 6.45) is -0.0387. The maximum absolute atomic E-state index is 11.4. The van der Waals surface area contributed by atoms with E-state index < -0.39 is 12.1 Å². The number of hydrogen-bond acceptors (Lipinski definition) is 4. The molecule has 1 atom stereocenters. The van der Waals surface area contributed by atoms with Crippen LogP contribution in [0, 0.1) is 0 Å². The lowest BCUT2D eigenvalue weighted by Gasteiger charge is -2.23. The summed E-state index contributed by atoms with van der Waals surface area (Å²) in [6.45, 7) is -0.194. The first-order valence-corrected chi connectivity index (χ1v) is 4.35. The van der Waals surface area contributed by atoms with Crippen LogP contribution in [-0.4, -0.2) is 28.9 Å². The molecule has 2 N–H and O–H groups in total. The normalized spacial score (nSPS) is 20.1. The van der Waals surface area contributed by atoms with Gasteiger partial charge >= 0.3 is 5.97 Å². The standard InChI is InChI=1S/C10H10O4/c11-5-7-4-6-2-1-3-8(12)9(6)10(13)14-7/h1-3,7,11-12H,4-5H2/t7-/m1/s1. The first kappa shape index (κ1) is 9.02. The molecule has 4 heteroatoms. The molecule has 0 amide bonds. The van der Waals surface area contributed by atoms with Gasteiger partial charge in [0.15, 0.2) is 0 Å². The molecule has 0 saturated heterocycles. The second kappa shape index (κ2) is 3.31. The van der Waals surface area contributed by atoms with Crippen molar-refractivity contribution in [3.8, 4) is 5.75 Å². The summed E-state index contributed by atoms with van der Waals surface area (Å²) in [5, 5.41) is 18.3. The highest BCUT2D eigenvalue weighted by Crippen LogP contribution is 2.27. The molecule has 14 heavy (non-hydrogen) atoms. The van der Waals surface area contributed by atoms with Crippen molar-refractivity contribution in [2.75, 3.05) is 6.61 Å². The number of benzene rings is 1. The van der Waals surface area contributed by atoms with Crippen LogP contribution in [0.4, 0.5) is 0 Å². The van der Waals surface area contributed by atoms with Crippen LogP contribution in [-0.2, 0) is 11.2 Å². The van der Waals surface area contributed by atoms with E-state index in [0.29, 0.717) is 6.42 Å². The number of aliphatic hydroxyl groups is 1. The minimum Gasteiger partial charge on any atom is -0.507 e. The Kier molecular flexibility index (Phi) is 2.13. The van der Waals surface area contributed by atoms with Gasteiger partial charge in [-0.15, -0.1) is 0 Å². The van der Waals surface area contributed by atoms with E-state index in [0.717, 1.165) is 5.56 Å². The van der Waals surface area contributed by atoms with Crippen LogP contribution in [0.5, 0.6) is 5.75 Å². The number of esters is 1. The Morgan fingerprint density at radius 3 is 3.00 bits per heavy atom. The Balaban J connectivity index is 2.45. The van der Waals surface area contributed by atoms with E-state index in [-0.39, 0.29) is 17.9 Å². The fourth-order valence-corrected chi connectivity index (χ4v) is 1.59. The molecule has 1 aromatic carbocycles. The Morgan fingerprint density at radius 2 is 2.29 bits per heavy atom. The summed E-state index contributed by atoms with van der Waals surface area (Å²) < 4.78 is 4.89. The zero-order valence-corrected chi connectivity index (χ0v) is 7.43. The topological polar surface area (TPSA) is 66.8 Å². The van der Waals surface area contributed by atoms with Crippen molar-refractivity contribution in [1.29, 1.82) is 0 Å². The van der Waals surface area contributed by atoms with Crippen LogP contribution in [0.15, 0.2) is 18.2 Å². The minimum absolute atomic E-state index is 0.0658. The molecule has 0 fully saturated rings. The Bertz CT molecular complexity index is 372. The number of fused-ring (bicyclic) bond motifs is 1. The van der Waals surface area contributed by atoms with Crippen molar-refractivity contribution >= 4 is 5.97 Å². The molecule has 0 spiro atoms. The van der Waals surface area contributed by atoms with Crippen molar-refractivity contribution in [3.05, 3.63) is 29.3 Å². The Hall–Kier alpha value is -1.55. The van der Waals surface area contributed by atoms with E-state index >= 15 is 0 Å². The van der Waals surface area contributed by atoms with Crippen molar-refractivity contribution < 1.29 is 19.7 Å². The van der Waals surface area contributed by atoms with Gasteiger partial charge < -0.3 is 14.9 Å². The number of phenolic OH excluding ortho intramolecular Hbond substituents is 1. The van der Waals surface area contributed by atoms with Gasteiger partial charge in [0, 0.05) is 6.42 Å². The molecule has 2 rings (SSSR count). The molecule has 0 unspecified atom stereocenters. The third kappa shape index (κ3) is 1.33. The highest BCUT2D eigenvalue weighted by Gasteiger charge is 2.27. The van der Waals surface area contributed by atoms with Crippen LogP contribution in [0.25, 0.3) is 0 Å². The van der Waals surface area contributed by atoms with Crippen molar-refractivity contribution in [1.82, 2.24) is 0 Å². The molecule has 0 saturated carbocycles. The van der Waals surface area contributed by atoms with E-state index in [9.17, 15) is 9.90 Å². The van der Waals surface area contributed by atoms with Gasteiger partial charge in [-0.1, -0.05) is 12.1 Å². The summed E-state index contributed by atoms with van der Waals surface area (Å²) in [7, 11) is 0. The van der Waals surface area contributed by atoms with E-state index in [2.05, 4.69) is 0 Å². The molecule has 0 aromatic heterocycles. The van der Waals surface area contributed by atoms with Gasteiger partial charge in [0.25, 0.3) is 0 Å². The van der Waals surface area contributed by atoms with Crippen molar-refractivity contribution in [2.24, 2.45) is 0 Å². The average Bonchev–Trinajstić information content (AvgIpc) is 2.17. The van der Waals surface area contributed by atoms with Crippen LogP contribution >= 0.6 is 0 Å². The molecule has 74 valence electrons. The van der Waals surface area contributed by atoms with Gasteiger partial charge in [0.1, 0.15) is 17.4 Å². The van der Waals surface area contributed by atoms with E-state index in [1.165, 1.54) is 6.07 Å². The lowest BCUT2D eigenvalue weighted by molar-refractivity contribution is 0.00900. The van der Waals surface area contributed by atoms with Crippen LogP contribution in [0.2, 0.25) is 0 Å². The van der Waals surface area contributed by atoms with E-state index in [1.807, 2.05) is 0 Å². The van der Waals surface area contributed by atoms with E-state index in [4.69, 9.17) is 9.84 Å². The maximum atomic E-state index is 11.4. The van der Waals surface area contributed by atoms with Crippen molar-refractivity contribution in [2.45, 2.75) is 12.5 Å².